The monoisotopic (exact) mass is 246 g/mol. The van der Waals surface area contributed by atoms with Gasteiger partial charge in [-0.1, -0.05) is 0 Å². The molecule has 12 heteroatoms. The molecule has 0 saturated heterocycles. The van der Waals surface area contributed by atoms with Gasteiger partial charge in [0.25, 0.3) is 0 Å². The molecule has 2 rings (SSSR count). The summed E-state index contributed by atoms with van der Waals surface area (Å²) >= 11 is 0. The summed E-state index contributed by atoms with van der Waals surface area (Å²) in [6, 6.07) is 0. The van der Waals surface area contributed by atoms with E-state index < -0.39 is 0 Å². The third kappa shape index (κ3) is 3.40. The first kappa shape index (κ1) is 14.9. The Bertz CT molecular complexity index is 351. The minimum Gasteiger partial charge on any atom is -0.693 e. The van der Waals surface area contributed by atoms with Crippen LogP contribution in [-0.2, 0) is 17.1 Å². The minimum atomic E-state index is 0. The van der Waals surface area contributed by atoms with Gasteiger partial charge in [-0.25, -0.2) is 15.4 Å². The van der Waals surface area contributed by atoms with Crippen LogP contribution < -0.4 is 15.8 Å². The van der Waals surface area contributed by atoms with Crippen molar-refractivity contribution in [1.29, 1.82) is 0 Å². The predicted molar refractivity (Wildman–Crippen MR) is 38.6 cm³/mol. The van der Waals surface area contributed by atoms with Gasteiger partial charge >= 0.3 is 0 Å². The van der Waals surface area contributed by atoms with Crippen LogP contribution in [0.2, 0.25) is 0 Å². The summed E-state index contributed by atoms with van der Waals surface area (Å²) in [7, 11) is 0. The van der Waals surface area contributed by atoms with Crippen LogP contribution in [-0.4, -0.2) is 31.1 Å². The molecule has 0 atom stereocenters. The van der Waals surface area contributed by atoms with Crippen LogP contribution in [0, 0.1) is 0 Å². The summed E-state index contributed by atoms with van der Waals surface area (Å²) in [4.78, 5) is 3.72. The Kier molecular flexibility index (Phi) is 7.28. The van der Waals surface area contributed by atoms with Crippen molar-refractivity contribution in [1.82, 2.24) is 41.2 Å². The molecule has 0 bridgehead atoms. The number of tetrazole rings is 2. The molecule has 2 aromatic rings. The number of nitrogens with two attached hydrogens (primary N) is 2. The van der Waals surface area contributed by atoms with Gasteiger partial charge in [0.15, 0.2) is 0 Å². The summed E-state index contributed by atoms with van der Waals surface area (Å²) in [5, 5.41) is 25.8. The van der Waals surface area contributed by atoms with Gasteiger partial charge in [0, 0.05) is 17.1 Å². The second-order valence-corrected chi connectivity index (χ2v) is 1.52. The topological polar surface area (TPSA) is 188 Å². The van der Waals surface area contributed by atoms with Crippen LogP contribution in [0.1, 0.15) is 0 Å². The summed E-state index contributed by atoms with van der Waals surface area (Å²) in [6.07, 6.45) is 0. The maximum atomic E-state index is 3.72. The van der Waals surface area contributed by atoms with Crippen molar-refractivity contribution in [3.8, 4) is 0 Å². The molecule has 5 N–H and O–H groups in total. The van der Waals surface area contributed by atoms with E-state index in [1.54, 1.807) is 0 Å². The zero-order chi connectivity index (χ0) is 7.52. The van der Waals surface area contributed by atoms with E-state index in [0.29, 0.717) is 0 Å². The van der Waals surface area contributed by atoms with Crippen molar-refractivity contribution in [2.45, 2.75) is 0 Å². The first-order chi connectivity index (χ1) is 5.45. The fourth-order valence-corrected chi connectivity index (χ4v) is 0.481. The van der Waals surface area contributed by atoms with E-state index in [1.807, 2.05) is 0 Å². The number of H-pyrrole nitrogens is 1. The van der Waals surface area contributed by atoms with Crippen molar-refractivity contribution >= 4 is 5.95 Å². The van der Waals surface area contributed by atoms with E-state index in [4.69, 9.17) is 0 Å². The summed E-state index contributed by atoms with van der Waals surface area (Å²) in [5.74, 6) is 0.128. The van der Waals surface area contributed by atoms with Crippen molar-refractivity contribution in [3.63, 3.8) is 0 Å². The number of nitrogens with one attached hydrogen (secondary N) is 1. The Morgan fingerprint density at radius 1 is 1.14 bits per heavy atom. The predicted octanol–water partition coefficient (Wildman–Crippen LogP) is -1.43. The Morgan fingerprint density at radius 3 is 2.43 bits per heavy atom. The number of rotatable bonds is 1. The van der Waals surface area contributed by atoms with Gasteiger partial charge in [-0.2, -0.15) is 5.21 Å². The number of aromatic nitrogens is 8. The van der Waals surface area contributed by atoms with Crippen LogP contribution in [0.4, 0.5) is 5.95 Å². The SMILES string of the molecule is N(/c1nnn[n-]1)=c1/[n-]nn[nH]1.[Cu].[NH2-].[NH2-]. The molecule has 0 saturated carbocycles. The Labute approximate surface area is 87.8 Å². The molecular formula is C2H5CuN11-4. The fraction of sp³-hybridized carbons (Fsp3) is 0. The summed E-state index contributed by atoms with van der Waals surface area (Å²) in [6.45, 7) is 0. The molecule has 1 radical (unpaired) electrons. The summed E-state index contributed by atoms with van der Waals surface area (Å²) in [5.41, 5.74) is 0.222. The van der Waals surface area contributed by atoms with Crippen molar-refractivity contribution < 1.29 is 17.1 Å². The maximum Gasteiger partial charge on any atom is 0.112 e. The first-order valence-corrected chi connectivity index (χ1v) is 2.59. The third-order valence-corrected chi connectivity index (χ3v) is 0.848. The van der Waals surface area contributed by atoms with Crippen LogP contribution in [0.5, 0.6) is 0 Å². The Balaban J connectivity index is 0. The largest absolute Gasteiger partial charge is 0.693 e. The van der Waals surface area contributed by atoms with Gasteiger partial charge in [-0.05, 0) is 0 Å². The normalized spacial score (nSPS) is 9.57. The molecule has 2 aromatic heterocycles. The Morgan fingerprint density at radius 2 is 1.93 bits per heavy atom. The molecule has 0 aliphatic rings. The van der Waals surface area contributed by atoms with Gasteiger partial charge in [0.1, 0.15) is 5.95 Å². The van der Waals surface area contributed by atoms with Gasteiger partial charge in [-0.15, -0.1) is 10.4 Å². The number of nitrogens with zero attached hydrogens (tertiary/aromatic N) is 8. The second-order valence-electron chi connectivity index (χ2n) is 1.52. The zero-order valence-electron chi connectivity index (χ0n) is 6.53. The molecule has 0 amide bonds. The molecule has 0 spiro atoms. The van der Waals surface area contributed by atoms with E-state index in [2.05, 4.69) is 46.2 Å². The summed E-state index contributed by atoms with van der Waals surface area (Å²) < 4.78 is 0. The van der Waals surface area contributed by atoms with Crippen LogP contribution >= 0.6 is 0 Å². The van der Waals surface area contributed by atoms with Crippen molar-refractivity contribution in [2.75, 3.05) is 0 Å². The molecule has 0 aliphatic carbocycles. The molecule has 0 aromatic carbocycles. The smallest absolute Gasteiger partial charge is 0.112 e. The average Bonchev–Trinajstić information content (AvgIpc) is 2.60. The fourth-order valence-electron chi connectivity index (χ4n) is 0.481. The molecule has 0 fully saturated rings. The van der Waals surface area contributed by atoms with Gasteiger partial charge < -0.3 is 22.4 Å². The molecular weight excluding hydrogens is 242 g/mol. The van der Waals surface area contributed by atoms with Crippen molar-refractivity contribution in [2.24, 2.45) is 4.99 Å². The molecule has 0 unspecified atom stereocenters. The zero-order valence-corrected chi connectivity index (χ0v) is 7.48. The molecule has 14 heavy (non-hydrogen) atoms. The average molecular weight is 247 g/mol. The standard InChI is InChI=1S/C2HN9.Cu.2H2N/c3(1-4-8-9-5-1)2-6-10-11-7-2;;;/h(H-2,3,4,5,6,7,8,9,10,11);;2*1H2/q-2;;2*-1. The number of aromatic amines is 1. The number of hydrogen-bond donors (Lipinski definition) is 1. The van der Waals surface area contributed by atoms with Crippen LogP contribution in [0.3, 0.4) is 0 Å². The minimum absolute atomic E-state index is 0. The molecule has 11 nitrogen and oxygen atoms in total. The van der Waals surface area contributed by atoms with Gasteiger partial charge in [0.05, 0.1) is 5.62 Å². The van der Waals surface area contributed by atoms with E-state index in [0.717, 1.165) is 0 Å². The molecule has 2 heterocycles. The second kappa shape index (κ2) is 6.85. The van der Waals surface area contributed by atoms with E-state index >= 15 is 0 Å². The third-order valence-electron chi connectivity index (χ3n) is 0.848. The quantitative estimate of drug-likeness (QED) is 0.596. The molecule has 83 valence electrons. The van der Waals surface area contributed by atoms with Crippen LogP contribution in [0.25, 0.3) is 12.3 Å². The van der Waals surface area contributed by atoms with Gasteiger partial charge in [-0.3, -0.25) is 5.10 Å². The van der Waals surface area contributed by atoms with E-state index in [1.165, 1.54) is 0 Å². The van der Waals surface area contributed by atoms with E-state index in [-0.39, 0.29) is 40.9 Å². The maximum absolute atomic E-state index is 3.72. The van der Waals surface area contributed by atoms with Crippen molar-refractivity contribution in [3.05, 3.63) is 17.9 Å². The Hall–Kier alpha value is -1.62. The van der Waals surface area contributed by atoms with E-state index in [9.17, 15) is 0 Å². The number of hydrogen-bond acceptors (Lipinski definition) is 6. The van der Waals surface area contributed by atoms with Gasteiger partial charge in [0.2, 0.25) is 0 Å². The van der Waals surface area contributed by atoms with Crippen LogP contribution in [0.15, 0.2) is 4.99 Å². The first-order valence-electron chi connectivity index (χ1n) is 2.59. The molecule has 0 aliphatic heterocycles.